The highest BCUT2D eigenvalue weighted by atomic mass is 16.7. The van der Waals surface area contributed by atoms with Crippen LogP contribution < -0.4 is 0 Å². The summed E-state index contributed by atoms with van der Waals surface area (Å²) in [5.74, 6) is -5.50. The largest absolute Gasteiger partial charge is 0.458 e. The van der Waals surface area contributed by atoms with Crippen LogP contribution in [0.1, 0.15) is 91.4 Å². The lowest BCUT2D eigenvalue weighted by atomic mass is 9.75. The van der Waals surface area contributed by atoms with Crippen LogP contribution in [0.15, 0.2) is 46.6 Å². The molecule has 11 atom stereocenters. The van der Waals surface area contributed by atoms with Crippen molar-refractivity contribution < 1.29 is 48.0 Å². The maximum Gasteiger partial charge on any atom is 0.338 e. The van der Waals surface area contributed by atoms with E-state index in [4.69, 9.17) is 23.7 Å². The molecule has 3 rings (SSSR count). The number of nitrogens with zero attached hydrogens (tertiary/aromatic N) is 4. The van der Waals surface area contributed by atoms with E-state index in [-0.39, 0.29) is 49.1 Å². The summed E-state index contributed by atoms with van der Waals surface area (Å²) in [7, 11) is 5.17. The Morgan fingerprint density at radius 2 is 1.74 bits per heavy atom. The monoisotopic (exact) mass is 742 g/mol. The first-order valence-corrected chi connectivity index (χ1v) is 18.4. The Bertz CT molecular complexity index is 1540. The third kappa shape index (κ3) is 9.92. The summed E-state index contributed by atoms with van der Waals surface area (Å²) in [6, 6.07) is 8.20. The molecule has 1 fully saturated rings. The number of carbonyl (C=O) groups excluding carboxylic acids is 4. The van der Waals surface area contributed by atoms with E-state index in [9.17, 15) is 29.8 Å². The van der Waals surface area contributed by atoms with Gasteiger partial charge in [-0.05, 0) is 90.7 Å². The van der Waals surface area contributed by atoms with Gasteiger partial charge in [0.05, 0.1) is 36.0 Å². The van der Waals surface area contributed by atoms with Gasteiger partial charge in [-0.2, -0.15) is 0 Å². The second-order valence-electron chi connectivity index (χ2n) is 15.0. The van der Waals surface area contributed by atoms with Gasteiger partial charge in [0.15, 0.2) is 24.0 Å². The summed E-state index contributed by atoms with van der Waals surface area (Å²) in [4.78, 5) is 60.6. The van der Waals surface area contributed by atoms with E-state index in [0.717, 1.165) is 0 Å². The fourth-order valence-electron chi connectivity index (χ4n) is 7.77. The molecular weight excluding hydrogens is 684 g/mol. The number of benzene rings is 1. The number of Topliss-reactive ketones (excluding diaryl/α,β-unsaturated/α-hetero) is 2. The second kappa shape index (κ2) is 18.6. The molecule has 0 radical (unpaired) electrons. The summed E-state index contributed by atoms with van der Waals surface area (Å²) in [6.07, 6.45) is -3.89. The van der Waals surface area contributed by atoms with Crippen molar-refractivity contribution in [1.82, 2.24) is 4.90 Å². The number of aliphatic hydroxyl groups is 1. The van der Waals surface area contributed by atoms with Gasteiger partial charge >= 0.3 is 11.9 Å². The zero-order valence-electron chi connectivity index (χ0n) is 33.0. The third-order valence-corrected chi connectivity index (χ3v) is 10.9. The number of azide groups is 1. The normalized spacial score (nSPS) is 36.3. The molecular formula is C39H58N4O10. The summed E-state index contributed by atoms with van der Waals surface area (Å²) in [6.45, 7) is 12.9. The van der Waals surface area contributed by atoms with Crippen molar-refractivity contribution in [3.05, 3.63) is 57.5 Å². The van der Waals surface area contributed by atoms with Crippen molar-refractivity contribution in [2.45, 2.75) is 129 Å². The second-order valence-corrected chi connectivity index (χ2v) is 15.0. The van der Waals surface area contributed by atoms with E-state index in [1.54, 1.807) is 65.0 Å². The van der Waals surface area contributed by atoms with Gasteiger partial charge in [-0.1, -0.05) is 51.0 Å². The molecule has 14 nitrogen and oxygen atoms in total. The first-order chi connectivity index (χ1) is 24.9. The van der Waals surface area contributed by atoms with E-state index < -0.39 is 77.1 Å². The number of hydrogen-bond acceptors (Lipinski definition) is 12. The SMILES string of the molecule is CC/C1=C(/CN=[N+]=[N-])C(=O)[C@H](C)C[C@](C)(OC)[C@H](O[C@@H]2O[C@H](C)C[C@H](N(C)C)[C@H]2OC(=O)c2ccccc2)[C@@H](C)C(=O)[C@@H](C)C(=O)O[C@H](CC)[C@@]1(C)O. The zero-order chi connectivity index (χ0) is 39.8. The van der Waals surface area contributed by atoms with Crippen LogP contribution in [0.3, 0.4) is 0 Å². The van der Waals surface area contributed by atoms with Crippen LogP contribution in [-0.2, 0) is 38.1 Å². The van der Waals surface area contributed by atoms with Gasteiger partial charge in [-0.3, -0.25) is 14.4 Å². The fourth-order valence-corrected chi connectivity index (χ4v) is 7.77. The predicted octanol–water partition coefficient (Wildman–Crippen LogP) is 5.61. The lowest BCUT2D eigenvalue weighted by Gasteiger charge is -2.47. The fraction of sp³-hybridized carbons (Fsp3) is 0.692. The number of ether oxygens (including phenoxy) is 5. The maximum absolute atomic E-state index is 14.4. The lowest BCUT2D eigenvalue weighted by molar-refractivity contribution is -0.294. The highest BCUT2D eigenvalue weighted by molar-refractivity contribution is 6.00. The van der Waals surface area contributed by atoms with Crippen LogP contribution in [0.25, 0.3) is 10.4 Å². The van der Waals surface area contributed by atoms with Gasteiger partial charge in [0.1, 0.15) is 17.6 Å². The predicted molar refractivity (Wildman–Crippen MR) is 197 cm³/mol. The molecule has 0 unspecified atom stereocenters. The van der Waals surface area contributed by atoms with Gasteiger partial charge in [-0.15, -0.1) is 0 Å². The van der Waals surface area contributed by atoms with Gasteiger partial charge in [-0.25, -0.2) is 4.79 Å². The standard InChI is InChI=1S/C39H58N4O10/c1-12-28-27(21-41-42-40)31(44)22(3)20-38(7,49-11)34(24(5)32(45)25(6)35(46)51-30(13-2)39(28,8)48)53-37-33(29(43(9)10)19-23(4)50-37)52-36(47)26-17-15-14-16-18-26/h14-18,22-25,29-30,33-34,37,48H,12-13,19-21H2,1-11H3/b28-27+/t22-,23-,24+,25-,29+,30-,33-,34-,37+,38+,39+/m1/s1. The number of methoxy groups -OCH3 is 1. The smallest absolute Gasteiger partial charge is 0.338 e. The highest BCUT2D eigenvalue weighted by Gasteiger charge is 2.51. The average Bonchev–Trinajstić information content (AvgIpc) is 3.13. The first kappa shape index (κ1) is 43.8. The van der Waals surface area contributed by atoms with Gasteiger partial charge in [0, 0.05) is 29.4 Å². The number of likely N-dealkylation sites (N-methyl/N-ethyl adjacent to an activating group) is 1. The van der Waals surface area contributed by atoms with Crippen molar-refractivity contribution in [3.63, 3.8) is 0 Å². The summed E-state index contributed by atoms with van der Waals surface area (Å²) in [5, 5.41) is 15.6. The summed E-state index contributed by atoms with van der Waals surface area (Å²) in [5.41, 5.74) is 6.73. The molecule has 0 aliphatic carbocycles. The van der Waals surface area contributed by atoms with Crippen molar-refractivity contribution in [2.24, 2.45) is 22.9 Å². The molecule has 2 aliphatic rings. The number of esters is 2. The average molecular weight is 743 g/mol. The van der Waals surface area contributed by atoms with E-state index in [0.29, 0.717) is 12.0 Å². The highest BCUT2D eigenvalue weighted by Crippen LogP contribution is 2.39. The van der Waals surface area contributed by atoms with Gasteiger partial charge in [0.25, 0.3) is 0 Å². The van der Waals surface area contributed by atoms with E-state index in [1.165, 1.54) is 21.0 Å². The Balaban J connectivity index is 2.22. The van der Waals surface area contributed by atoms with Crippen LogP contribution in [0.5, 0.6) is 0 Å². The Hall–Kier alpha value is -3.65. The van der Waals surface area contributed by atoms with Crippen LogP contribution in [-0.4, -0.2) is 109 Å². The molecule has 0 amide bonds. The molecule has 0 spiro atoms. The first-order valence-electron chi connectivity index (χ1n) is 18.4. The number of cyclic esters (lactones) is 1. The van der Waals surface area contributed by atoms with Crippen molar-refractivity contribution in [1.29, 1.82) is 0 Å². The van der Waals surface area contributed by atoms with Gasteiger partial charge < -0.3 is 33.7 Å². The minimum atomic E-state index is -1.83. The minimum absolute atomic E-state index is 0.00735. The molecule has 1 aromatic carbocycles. The topological polar surface area (TPSA) is 187 Å². The zero-order valence-corrected chi connectivity index (χ0v) is 33.0. The molecule has 1 aromatic rings. The lowest BCUT2D eigenvalue weighted by Crippen LogP contribution is -2.60. The van der Waals surface area contributed by atoms with E-state index >= 15 is 0 Å². The van der Waals surface area contributed by atoms with E-state index in [1.807, 2.05) is 25.9 Å². The van der Waals surface area contributed by atoms with E-state index in [2.05, 4.69) is 10.0 Å². The molecule has 1 saturated heterocycles. The summed E-state index contributed by atoms with van der Waals surface area (Å²) >= 11 is 0. The number of rotatable bonds is 10. The third-order valence-electron chi connectivity index (χ3n) is 10.9. The molecule has 2 aliphatic heterocycles. The van der Waals surface area contributed by atoms with Crippen LogP contribution in [0.4, 0.5) is 0 Å². The Morgan fingerprint density at radius 3 is 2.28 bits per heavy atom. The van der Waals surface area contributed by atoms with Crippen molar-refractivity contribution in [3.8, 4) is 0 Å². The van der Waals surface area contributed by atoms with Crippen molar-refractivity contribution >= 4 is 23.5 Å². The summed E-state index contributed by atoms with van der Waals surface area (Å²) < 4.78 is 31.3. The number of ketones is 2. The molecule has 53 heavy (non-hydrogen) atoms. The van der Waals surface area contributed by atoms with Crippen molar-refractivity contribution in [2.75, 3.05) is 27.7 Å². The quantitative estimate of drug-likeness (QED) is 0.103. The molecule has 14 heteroatoms. The Labute approximate surface area is 313 Å². The molecule has 1 N–H and O–H groups in total. The van der Waals surface area contributed by atoms with Gasteiger partial charge in [0.2, 0.25) is 0 Å². The minimum Gasteiger partial charge on any atom is -0.458 e. The number of hydrogen-bond donors (Lipinski definition) is 1. The number of carbonyl (C=O) groups is 4. The van der Waals surface area contributed by atoms with Crippen LogP contribution in [0.2, 0.25) is 0 Å². The molecule has 0 aromatic heterocycles. The Kier molecular flexibility index (Phi) is 15.4. The maximum atomic E-state index is 14.4. The Morgan fingerprint density at radius 1 is 1.09 bits per heavy atom. The molecule has 294 valence electrons. The molecule has 0 bridgehead atoms. The van der Waals surface area contributed by atoms with Crippen LogP contribution >= 0.6 is 0 Å². The van der Waals surface area contributed by atoms with Crippen LogP contribution in [0, 0.1) is 17.8 Å². The molecule has 2 heterocycles. The molecule has 0 saturated carbocycles.